The smallest absolute Gasteiger partial charge is 0.232 e. The summed E-state index contributed by atoms with van der Waals surface area (Å²) >= 11 is 3.05. The van der Waals surface area contributed by atoms with Gasteiger partial charge in [-0.25, -0.2) is 0 Å². The lowest BCUT2D eigenvalue weighted by atomic mass is 10.2. The summed E-state index contributed by atoms with van der Waals surface area (Å²) in [5.74, 6) is 0.371. The maximum absolute atomic E-state index is 5.47. The molecule has 2 aromatic rings. The maximum atomic E-state index is 5.47. The van der Waals surface area contributed by atoms with Gasteiger partial charge in [-0.2, -0.15) is 9.36 Å². The third-order valence-electron chi connectivity index (χ3n) is 1.76. The fourth-order valence-electron chi connectivity index (χ4n) is 1.13. The molecule has 2 N–H and O–H groups in total. The minimum atomic E-state index is 0.371. The Kier molecular flexibility index (Phi) is 2.28. The van der Waals surface area contributed by atoms with E-state index in [0.29, 0.717) is 5.95 Å². The molecule has 0 saturated heterocycles. The Bertz CT molecular complexity index is 405. The first-order valence-corrected chi connectivity index (χ1v) is 5.62. The highest BCUT2D eigenvalue weighted by Crippen LogP contribution is 2.31. The Labute approximate surface area is 84.4 Å². The number of rotatable bonds is 2. The van der Waals surface area contributed by atoms with E-state index in [-0.39, 0.29) is 0 Å². The minimum absolute atomic E-state index is 0.371. The van der Waals surface area contributed by atoms with Crippen LogP contribution in [0.4, 0.5) is 5.95 Å². The summed E-state index contributed by atoms with van der Waals surface area (Å²) in [6.45, 7) is 2.13. The summed E-state index contributed by atoms with van der Waals surface area (Å²) in [5.41, 5.74) is 6.79. The Morgan fingerprint density at radius 3 is 3.00 bits per heavy atom. The van der Waals surface area contributed by atoms with Crippen molar-refractivity contribution in [2.24, 2.45) is 0 Å². The molecule has 2 aromatic heterocycles. The van der Waals surface area contributed by atoms with Crippen LogP contribution in [-0.4, -0.2) is 9.36 Å². The van der Waals surface area contributed by atoms with Crippen molar-refractivity contribution in [2.75, 3.05) is 5.73 Å². The van der Waals surface area contributed by atoms with Gasteiger partial charge < -0.3 is 5.73 Å². The average molecular weight is 211 g/mol. The van der Waals surface area contributed by atoms with Crippen molar-refractivity contribution in [3.63, 3.8) is 0 Å². The second-order valence-corrected chi connectivity index (χ2v) is 4.25. The van der Waals surface area contributed by atoms with Gasteiger partial charge in [0.1, 0.15) is 0 Å². The number of aryl methyl sites for hydroxylation is 1. The van der Waals surface area contributed by atoms with Crippen LogP contribution >= 0.6 is 22.9 Å². The molecular formula is C8H9N3S2. The van der Waals surface area contributed by atoms with Gasteiger partial charge in [-0.3, -0.25) is 0 Å². The van der Waals surface area contributed by atoms with E-state index in [0.717, 1.165) is 11.4 Å². The van der Waals surface area contributed by atoms with Crippen LogP contribution in [0.25, 0.3) is 9.88 Å². The fourth-order valence-corrected chi connectivity index (χ4v) is 2.83. The first-order chi connectivity index (χ1) is 6.31. The number of anilines is 1. The maximum Gasteiger partial charge on any atom is 0.232 e. The van der Waals surface area contributed by atoms with Crippen LogP contribution in [0.2, 0.25) is 0 Å². The lowest BCUT2D eigenvalue weighted by molar-refractivity contribution is 1.15. The van der Waals surface area contributed by atoms with Crippen molar-refractivity contribution in [1.82, 2.24) is 9.36 Å². The SMILES string of the molecule is CCc1ccsc1-c1nc(N)ns1. The van der Waals surface area contributed by atoms with Gasteiger partial charge in [-0.1, -0.05) is 6.92 Å². The standard InChI is InChI=1S/C8H9N3S2/c1-2-5-3-4-12-6(5)7-10-8(9)11-13-7/h3-4H,2H2,1H3,(H2,9,11). The van der Waals surface area contributed by atoms with Gasteiger partial charge in [0.2, 0.25) is 5.95 Å². The van der Waals surface area contributed by atoms with Crippen molar-refractivity contribution in [1.29, 1.82) is 0 Å². The zero-order valence-corrected chi connectivity index (χ0v) is 8.78. The molecule has 0 bridgehead atoms. The van der Waals surface area contributed by atoms with Crippen molar-refractivity contribution in [2.45, 2.75) is 13.3 Å². The predicted octanol–water partition coefficient (Wildman–Crippen LogP) is 2.41. The Balaban J connectivity index is 2.45. The molecule has 3 nitrogen and oxygen atoms in total. The van der Waals surface area contributed by atoms with E-state index in [1.807, 2.05) is 0 Å². The molecule has 0 aliphatic rings. The molecule has 0 unspecified atom stereocenters. The molecule has 13 heavy (non-hydrogen) atoms. The number of aromatic nitrogens is 2. The molecule has 2 rings (SSSR count). The van der Waals surface area contributed by atoms with Gasteiger partial charge in [0, 0.05) is 0 Å². The number of nitrogens with two attached hydrogens (primary N) is 1. The summed E-state index contributed by atoms with van der Waals surface area (Å²) in [7, 11) is 0. The Morgan fingerprint density at radius 1 is 1.54 bits per heavy atom. The highest BCUT2D eigenvalue weighted by Gasteiger charge is 2.09. The molecule has 68 valence electrons. The van der Waals surface area contributed by atoms with E-state index in [4.69, 9.17) is 5.73 Å². The number of thiophene rings is 1. The van der Waals surface area contributed by atoms with Crippen LogP contribution in [0.15, 0.2) is 11.4 Å². The van der Waals surface area contributed by atoms with Crippen molar-refractivity contribution in [3.05, 3.63) is 17.0 Å². The number of hydrogen-bond acceptors (Lipinski definition) is 5. The molecule has 0 spiro atoms. The van der Waals surface area contributed by atoms with Crippen LogP contribution < -0.4 is 5.73 Å². The topological polar surface area (TPSA) is 51.8 Å². The lowest BCUT2D eigenvalue weighted by Gasteiger charge is -1.93. The molecular weight excluding hydrogens is 202 g/mol. The summed E-state index contributed by atoms with van der Waals surface area (Å²) in [5, 5.41) is 3.01. The monoisotopic (exact) mass is 211 g/mol. The van der Waals surface area contributed by atoms with Crippen molar-refractivity contribution >= 4 is 28.8 Å². The van der Waals surface area contributed by atoms with Crippen LogP contribution in [0.1, 0.15) is 12.5 Å². The van der Waals surface area contributed by atoms with Crippen LogP contribution in [0.5, 0.6) is 0 Å². The minimum Gasteiger partial charge on any atom is -0.367 e. The molecule has 0 atom stereocenters. The van der Waals surface area contributed by atoms with Crippen molar-refractivity contribution in [3.8, 4) is 9.88 Å². The fraction of sp³-hybridized carbons (Fsp3) is 0.250. The molecule has 0 amide bonds. The largest absolute Gasteiger partial charge is 0.367 e. The quantitative estimate of drug-likeness (QED) is 0.830. The van der Waals surface area contributed by atoms with Gasteiger partial charge in [0.15, 0.2) is 5.01 Å². The van der Waals surface area contributed by atoms with E-state index in [1.54, 1.807) is 11.3 Å². The molecule has 0 fully saturated rings. The van der Waals surface area contributed by atoms with Crippen LogP contribution in [0, 0.1) is 0 Å². The Hall–Kier alpha value is -0.940. The van der Waals surface area contributed by atoms with Gasteiger partial charge in [-0.15, -0.1) is 11.3 Å². The molecule has 0 radical (unpaired) electrons. The molecule has 0 aliphatic carbocycles. The second kappa shape index (κ2) is 3.43. The first-order valence-electron chi connectivity index (χ1n) is 3.97. The van der Waals surface area contributed by atoms with E-state index >= 15 is 0 Å². The number of nitrogen functional groups attached to an aromatic ring is 1. The van der Waals surface area contributed by atoms with E-state index in [2.05, 4.69) is 27.7 Å². The number of hydrogen-bond donors (Lipinski definition) is 1. The van der Waals surface area contributed by atoms with E-state index in [1.165, 1.54) is 22.0 Å². The highest BCUT2D eigenvalue weighted by molar-refractivity contribution is 7.18. The second-order valence-electron chi connectivity index (χ2n) is 2.59. The van der Waals surface area contributed by atoms with Gasteiger partial charge >= 0.3 is 0 Å². The summed E-state index contributed by atoms with van der Waals surface area (Å²) in [4.78, 5) is 5.36. The Morgan fingerprint density at radius 2 is 2.38 bits per heavy atom. The zero-order chi connectivity index (χ0) is 9.26. The van der Waals surface area contributed by atoms with Gasteiger partial charge in [-0.05, 0) is 35.0 Å². The summed E-state index contributed by atoms with van der Waals surface area (Å²) < 4.78 is 3.96. The zero-order valence-electron chi connectivity index (χ0n) is 7.15. The number of nitrogens with zero attached hydrogens (tertiary/aromatic N) is 2. The van der Waals surface area contributed by atoms with E-state index < -0.39 is 0 Å². The normalized spacial score (nSPS) is 10.5. The third-order valence-corrected chi connectivity index (χ3v) is 3.60. The van der Waals surface area contributed by atoms with Crippen LogP contribution in [-0.2, 0) is 6.42 Å². The summed E-state index contributed by atoms with van der Waals surface area (Å²) in [6, 6.07) is 2.12. The third kappa shape index (κ3) is 1.57. The van der Waals surface area contributed by atoms with E-state index in [9.17, 15) is 0 Å². The summed E-state index contributed by atoms with van der Waals surface area (Å²) in [6.07, 6.45) is 1.03. The molecule has 0 aromatic carbocycles. The highest BCUT2D eigenvalue weighted by atomic mass is 32.1. The molecule has 2 heterocycles. The lowest BCUT2D eigenvalue weighted by Crippen LogP contribution is -1.85. The van der Waals surface area contributed by atoms with Crippen LogP contribution in [0.3, 0.4) is 0 Å². The molecule has 0 aliphatic heterocycles. The molecule has 0 saturated carbocycles. The average Bonchev–Trinajstić information content (AvgIpc) is 2.71. The van der Waals surface area contributed by atoms with Crippen molar-refractivity contribution < 1.29 is 0 Å². The molecule has 5 heteroatoms. The first kappa shape index (κ1) is 8.65. The predicted molar refractivity (Wildman–Crippen MR) is 57.0 cm³/mol. The van der Waals surface area contributed by atoms with Gasteiger partial charge in [0.05, 0.1) is 4.88 Å². The van der Waals surface area contributed by atoms with Gasteiger partial charge in [0.25, 0.3) is 0 Å².